The second-order valence-corrected chi connectivity index (χ2v) is 9.85. The average Bonchev–Trinajstić information content (AvgIpc) is 2.76. The zero-order chi connectivity index (χ0) is 22.4. The Hall–Kier alpha value is -1.84. The van der Waals surface area contributed by atoms with Crippen molar-refractivity contribution in [3.63, 3.8) is 0 Å². The van der Waals surface area contributed by atoms with Crippen LogP contribution in [0, 0.1) is 0 Å². The van der Waals surface area contributed by atoms with Gasteiger partial charge in [0.2, 0.25) is 15.9 Å². The predicted octanol–water partition coefficient (Wildman–Crippen LogP) is 3.73. The largest absolute Gasteiger partial charge is 0.494 e. The number of ether oxygens (including phenoxy) is 1. The smallest absolute Gasteiger partial charge is 0.243 e. The number of halogens is 2. The Kier molecular flexibility index (Phi) is 8.18. The molecule has 3 rings (SSSR count). The molecule has 0 bridgehead atoms. The highest BCUT2D eigenvalue weighted by Crippen LogP contribution is 2.25. The molecule has 0 aromatic heterocycles. The lowest BCUT2D eigenvalue weighted by molar-refractivity contribution is -0.116. The molecule has 0 atom stereocenters. The van der Waals surface area contributed by atoms with Crippen LogP contribution in [-0.4, -0.2) is 62.9 Å². The van der Waals surface area contributed by atoms with Crippen molar-refractivity contribution in [1.29, 1.82) is 0 Å². The lowest BCUT2D eigenvalue weighted by Crippen LogP contribution is -2.49. The first-order chi connectivity index (χ1) is 14.8. The fourth-order valence-corrected chi connectivity index (χ4v) is 5.04. The molecule has 10 heteroatoms. The summed E-state index contributed by atoms with van der Waals surface area (Å²) in [7, 11) is -3.55. The van der Waals surface area contributed by atoms with Crippen molar-refractivity contribution in [3.05, 3.63) is 52.5 Å². The van der Waals surface area contributed by atoms with Crippen LogP contribution in [0.5, 0.6) is 5.75 Å². The molecule has 1 aliphatic rings. The van der Waals surface area contributed by atoms with Gasteiger partial charge >= 0.3 is 0 Å². The van der Waals surface area contributed by atoms with Gasteiger partial charge in [-0.3, -0.25) is 4.79 Å². The third-order valence-electron chi connectivity index (χ3n) is 4.96. The van der Waals surface area contributed by atoms with Gasteiger partial charge < -0.3 is 15.0 Å². The molecule has 31 heavy (non-hydrogen) atoms. The van der Waals surface area contributed by atoms with Crippen molar-refractivity contribution in [3.8, 4) is 5.75 Å². The first-order valence-corrected chi connectivity index (χ1v) is 12.2. The van der Waals surface area contributed by atoms with Crippen molar-refractivity contribution in [2.24, 2.45) is 0 Å². The van der Waals surface area contributed by atoms with Gasteiger partial charge in [-0.15, -0.1) is 0 Å². The summed E-state index contributed by atoms with van der Waals surface area (Å²) in [4.78, 5) is 14.6. The molecule has 0 unspecified atom stereocenters. The maximum absolute atomic E-state index is 12.9. The lowest BCUT2D eigenvalue weighted by Gasteiger charge is -2.33. The van der Waals surface area contributed by atoms with Crippen LogP contribution >= 0.6 is 23.2 Å². The van der Waals surface area contributed by atoms with E-state index in [2.05, 4.69) is 10.2 Å². The third kappa shape index (κ3) is 6.33. The highest BCUT2D eigenvalue weighted by atomic mass is 35.5. The minimum Gasteiger partial charge on any atom is -0.494 e. The molecular formula is C21H25Cl2N3O4S. The van der Waals surface area contributed by atoms with E-state index >= 15 is 0 Å². The summed E-state index contributed by atoms with van der Waals surface area (Å²) in [6, 6.07) is 11.3. The van der Waals surface area contributed by atoms with Gasteiger partial charge in [-0.25, -0.2) is 8.42 Å². The Balaban J connectivity index is 1.48. The van der Waals surface area contributed by atoms with Gasteiger partial charge in [0.1, 0.15) is 5.75 Å². The number of nitrogens with one attached hydrogen (secondary N) is 1. The van der Waals surface area contributed by atoms with Gasteiger partial charge in [0, 0.05) is 44.2 Å². The number of amides is 1. The van der Waals surface area contributed by atoms with E-state index in [0.717, 1.165) is 0 Å². The van der Waals surface area contributed by atoms with Crippen LogP contribution in [0.4, 0.5) is 5.69 Å². The number of sulfonamides is 1. The van der Waals surface area contributed by atoms with Crippen LogP contribution in [0.3, 0.4) is 0 Å². The predicted molar refractivity (Wildman–Crippen MR) is 123 cm³/mol. The number of anilines is 1. The number of benzene rings is 2. The Labute approximate surface area is 192 Å². The van der Waals surface area contributed by atoms with Crippen LogP contribution in [0.15, 0.2) is 47.4 Å². The first kappa shape index (κ1) is 23.8. The van der Waals surface area contributed by atoms with Gasteiger partial charge in [0.05, 0.1) is 22.2 Å². The highest BCUT2D eigenvalue weighted by Gasteiger charge is 2.28. The lowest BCUT2D eigenvalue weighted by atomic mass is 10.3. The summed E-state index contributed by atoms with van der Waals surface area (Å²) in [5.74, 6) is 0.470. The molecule has 1 heterocycles. The standard InChI is InChI=1S/C21H25Cl2N3O4S/c1-2-30-17-4-6-18(7-5-17)31(28,29)26-13-11-25(12-14-26)10-9-21(27)24-20-15-16(22)3-8-19(20)23/h3-8,15H,2,9-14H2,1H3,(H,24,27). The summed E-state index contributed by atoms with van der Waals surface area (Å²) in [6.45, 7) is 4.79. The molecule has 0 spiro atoms. The molecule has 1 fully saturated rings. The maximum atomic E-state index is 12.9. The second kappa shape index (κ2) is 10.7. The molecule has 0 aliphatic carbocycles. The molecular weight excluding hydrogens is 461 g/mol. The van der Waals surface area contributed by atoms with Gasteiger partial charge in [-0.1, -0.05) is 23.2 Å². The maximum Gasteiger partial charge on any atom is 0.243 e. The number of hydrogen-bond donors (Lipinski definition) is 1. The monoisotopic (exact) mass is 485 g/mol. The SMILES string of the molecule is CCOc1ccc(S(=O)(=O)N2CCN(CCC(=O)Nc3cc(Cl)ccc3Cl)CC2)cc1. The molecule has 1 N–H and O–H groups in total. The Morgan fingerprint density at radius 2 is 1.74 bits per heavy atom. The molecule has 1 aliphatic heterocycles. The van der Waals surface area contributed by atoms with E-state index in [0.29, 0.717) is 60.8 Å². The van der Waals surface area contributed by atoms with E-state index < -0.39 is 10.0 Å². The Bertz CT molecular complexity index is 1010. The quantitative estimate of drug-likeness (QED) is 0.616. The fraction of sp³-hybridized carbons (Fsp3) is 0.381. The van der Waals surface area contributed by atoms with E-state index in [1.165, 1.54) is 4.31 Å². The van der Waals surface area contributed by atoms with Gasteiger partial charge in [-0.05, 0) is 49.4 Å². The number of nitrogens with zero attached hydrogens (tertiary/aromatic N) is 2. The van der Waals surface area contributed by atoms with E-state index in [-0.39, 0.29) is 17.2 Å². The highest BCUT2D eigenvalue weighted by molar-refractivity contribution is 7.89. The van der Waals surface area contributed by atoms with Crippen molar-refractivity contribution in [1.82, 2.24) is 9.21 Å². The van der Waals surface area contributed by atoms with Crippen molar-refractivity contribution in [2.45, 2.75) is 18.2 Å². The first-order valence-electron chi connectivity index (χ1n) is 10.00. The molecule has 7 nitrogen and oxygen atoms in total. The minimum absolute atomic E-state index is 0.173. The number of rotatable bonds is 8. The number of carbonyl (C=O) groups is 1. The summed E-state index contributed by atoms with van der Waals surface area (Å²) in [5, 5.41) is 3.67. The molecule has 0 radical (unpaired) electrons. The molecule has 0 saturated carbocycles. The zero-order valence-corrected chi connectivity index (χ0v) is 19.5. The third-order valence-corrected chi connectivity index (χ3v) is 7.44. The van der Waals surface area contributed by atoms with Gasteiger partial charge in [0.15, 0.2) is 0 Å². The molecule has 1 saturated heterocycles. The summed E-state index contributed by atoms with van der Waals surface area (Å²) in [5.41, 5.74) is 0.477. The zero-order valence-electron chi connectivity index (χ0n) is 17.2. The summed E-state index contributed by atoms with van der Waals surface area (Å²) in [6.07, 6.45) is 0.272. The Morgan fingerprint density at radius 1 is 1.06 bits per heavy atom. The minimum atomic E-state index is -3.55. The Morgan fingerprint density at radius 3 is 2.39 bits per heavy atom. The number of piperazine rings is 1. The van der Waals surface area contributed by atoms with E-state index in [1.807, 2.05) is 6.92 Å². The van der Waals surface area contributed by atoms with E-state index in [1.54, 1.807) is 42.5 Å². The van der Waals surface area contributed by atoms with Crippen molar-refractivity contribution in [2.75, 3.05) is 44.6 Å². The normalized spacial score (nSPS) is 15.6. The molecule has 168 valence electrons. The van der Waals surface area contributed by atoms with Crippen molar-refractivity contribution >= 4 is 44.8 Å². The van der Waals surface area contributed by atoms with E-state index in [4.69, 9.17) is 27.9 Å². The number of carbonyl (C=O) groups excluding carboxylic acids is 1. The van der Waals surface area contributed by atoms with Gasteiger partial charge in [0.25, 0.3) is 0 Å². The van der Waals surface area contributed by atoms with Crippen molar-refractivity contribution < 1.29 is 17.9 Å². The van der Waals surface area contributed by atoms with Crippen LogP contribution < -0.4 is 10.1 Å². The molecule has 2 aromatic rings. The van der Waals surface area contributed by atoms with Crippen LogP contribution in [0.1, 0.15) is 13.3 Å². The molecule has 2 aromatic carbocycles. The second-order valence-electron chi connectivity index (χ2n) is 7.07. The van der Waals surface area contributed by atoms with Crippen LogP contribution in [-0.2, 0) is 14.8 Å². The molecule has 1 amide bonds. The fourth-order valence-electron chi connectivity index (χ4n) is 3.28. The number of hydrogen-bond acceptors (Lipinski definition) is 5. The van der Waals surface area contributed by atoms with Crippen LogP contribution in [0.25, 0.3) is 0 Å². The van der Waals surface area contributed by atoms with Crippen LogP contribution in [0.2, 0.25) is 10.0 Å². The van der Waals surface area contributed by atoms with Gasteiger partial charge in [-0.2, -0.15) is 4.31 Å². The average molecular weight is 486 g/mol. The summed E-state index contributed by atoms with van der Waals surface area (Å²) >= 11 is 12.0. The van der Waals surface area contributed by atoms with E-state index in [9.17, 15) is 13.2 Å². The topological polar surface area (TPSA) is 79.0 Å². The summed E-state index contributed by atoms with van der Waals surface area (Å²) < 4.78 is 32.6.